The highest BCUT2D eigenvalue weighted by Gasteiger charge is 2.22. The highest BCUT2D eigenvalue weighted by molar-refractivity contribution is 9.10. The van der Waals surface area contributed by atoms with Crippen molar-refractivity contribution in [2.24, 2.45) is 0 Å². The van der Waals surface area contributed by atoms with Crippen LogP contribution < -0.4 is 0 Å². The predicted molar refractivity (Wildman–Crippen MR) is 83.3 cm³/mol. The second-order valence-corrected chi connectivity index (χ2v) is 6.14. The maximum Gasteiger partial charge on any atom is 0.215 e. The molecule has 0 atom stereocenters. The Morgan fingerprint density at radius 1 is 1.48 bits per heavy atom. The molecule has 0 aliphatic rings. The van der Waals surface area contributed by atoms with Crippen LogP contribution in [0.3, 0.4) is 0 Å². The zero-order chi connectivity index (χ0) is 15.6. The molecule has 1 aromatic carbocycles. The van der Waals surface area contributed by atoms with Crippen LogP contribution in [0.25, 0.3) is 0 Å². The summed E-state index contributed by atoms with van der Waals surface area (Å²) in [5.41, 5.74) is 0.187. The Labute approximate surface area is 135 Å². The summed E-state index contributed by atoms with van der Waals surface area (Å²) < 4.78 is 16.0. The van der Waals surface area contributed by atoms with Crippen molar-refractivity contribution in [2.45, 2.75) is 6.54 Å². The second-order valence-electron chi connectivity index (χ2n) is 4.82. The summed E-state index contributed by atoms with van der Waals surface area (Å²) in [5.74, 6) is -1.06. The summed E-state index contributed by atoms with van der Waals surface area (Å²) in [6.07, 6.45) is 1.40. The highest BCUT2D eigenvalue weighted by Crippen LogP contribution is 2.22. The van der Waals surface area contributed by atoms with Crippen LogP contribution in [-0.4, -0.2) is 41.1 Å². The van der Waals surface area contributed by atoms with E-state index in [0.717, 1.165) is 0 Å². The number of nitrogens with zero attached hydrogens (tertiary/aromatic N) is 3. The number of benzene rings is 1. The summed E-state index contributed by atoms with van der Waals surface area (Å²) in [6.45, 7) is 1.19. The Morgan fingerprint density at radius 2 is 2.19 bits per heavy atom. The number of likely N-dealkylation sites (N-methyl/N-ethyl adjacent to an activating group) is 1. The molecule has 0 aliphatic carbocycles. The topological polar surface area (TPSA) is 38.1 Å². The van der Waals surface area contributed by atoms with E-state index in [1.165, 1.54) is 23.0 Å². The minimum Gasteiger partial charge on any atom is -0.308 e. The summed E-state index contributed by atoms with van der Waals surface area (Å²) >= 11 is 9.20. The molecule has 0 unspecified atom stereocenters. The van der Waals surface area contributed by atoms with E-state index in [9.17, 15) is 9.18 Å². The Balaban J connectivity index is 2.36. The maximum atomic E-state index is 13.9. The number of hydrogen-bond donors (Lipinski definition) is 0. The van der Waals surface area contributed by atoms with Crippen LogP contribution in [0.1, 0.15) is 16.1 Å². The van der Waals surface area contributed by atoms with E-state index in [2.05, 4.69) is 21.0 Å². The van der Waals surface area contributed by atoms with E-state index in [1.54, 1.807) is 6.07 Å². The van der Waals surface area contributed by atoms with Crippen LogP contribution in [0.4, 0.5) is 4.39 Å². The first-order valence-electron chi connectivity index (χ1n) is 6.26. The van der Waals surface area contributed by atoms with Gasteiger partial charge in [-0.25, -0.2) is 4.39 Å². The van der Waals surface area contributed by atoms with Gasteiger partial charge in [-0.15, -0.1) is 0 Å². The number of carbonyl (C=O) groups excluding carboxylic acids is 1. The van der Waals surface area contributed by atoms with Crippen molar-refractivity contribution < 1.29 is 9.18 Å². The van der Waals surface area contributed by atoms with Crippen LogP contribution in [0, 0.1) is 5.82 Å². The molecule has 1 aromatic heterocycles. The second kappa shape index (κ2) is 6.68. The smallest absolute Gasteiger partial charge is 0.215 e. The molecule has 0 saturated carbocycles. The lowest BCUT2D eigenvalue weighted by Crippen LogP contribution is -2.22. The lowest BCUT2D eigenvalue weighted by Gasteiger charge is -2.12. The zero-order valence-electron chi connectivity index (χ0n) is 11.6. The van der Waals surface area contributed by atoms with Gasteiger partial charge in [0.1, 0.15) is 11.5 Å². The van der Waals surface area contributed by atoms with Crippen molar-refractivity contribution in [1.82, 2.24) is 14.7 Å². The molecule has 0 spiro atoms. The monoisotopic (exact) mass is 373 g/mol. The Morgan fingerprint density at radius 3 is 2.81 bits per heavy atom. The summed E-state index contributed by atoms with van der Waals surface area (Å²) in [7, 11) is 3.84. The van der Waals surface area contributed by atoms with Crippen LogP contribution in [0.5, 0.6) is 0 Å². The van der Waals surface area contributed by atoms with Gasteiger partial charge in [0.05, 0.1) is 23.3 Å². The number of rotatable bonds is 5. The minimum atomic E-state index is -0.592. The van der Waals surface area contributed by atoms with Gasteiger partial charge < -0.3 is 4.90 Å². The molecule has 1 heterocycles. The van der Waals surface area contributed by atoms with Crippen LogP contribution >= 0.6 is 27.5 Å². The van der Waals surface area contributed by atoms with Gasteiger partial charge in [0.25, 0.3) is 0 Å². The van der Waals surface area contributed by atoms with Crippen molar-refractivity contribution in [3.05, 3.63) is 51.0 Å². The Bertz CT molecular complexity index is 672. The molecular weight excluding hydrogens is 361 g/mol. The molecule has 112 valence electrons. The standard InChI is InChI=1S/C14H14BrClFN3O/c1-19(2)5-6-20-13(11(16)8-18-20)14(21)10-4-3-9(15)7-12(10)17/h3-4,7-8H,5-6H2,1-2H3. The van der Waals surface area contributed by atoms with Gasteiger partial charge in [-0.05, 0) is 32.3 Å². The van der Waals surface area contributed by atoms with E-state index in [-0.39, 0.29) is 16.3 Å². The molecule has 0 amide bonds. The van der Waals surface area contributed by atoms with Crippen LogP contribution in [0.2, 0.25) is 5.02 Å². The largest absolute Gasteiger partial charge is 0.308 e. The number of halogens is 3. The fourth-order valence-corrected chi connectivity index (χ4v) is 2.41. The number of ketones is 1. The number of carbonyl (C=O) groups is 1. The van der Waals surface area contributed by atoms with Crippen molar-refractivity contribution >= 4 is 33.3 Å². The third-order valence-electron chi connectivity index (χ3n) is 2.94. The summed E-state index contributed by atoms with van der Waals surface area (Å²) in [6, 6.07) is 4.30. The van der Waals surface area contributed by atoms with E-state index >= 15 is 0 Å². The average Bonchev–Trinajstić information content (AvgIpc) is 2.77. The fourth-order valence-electron chi connectivity index (χ4n) is 1.85. The predicted octanol–water partition coefficient (Wildman–Crippen LogP) is 3.23. The molecule has 0 saturated heterocycles. The number of aromatic nitrogens is 2. The SMILES string of the molecule is CN(C)CCn1ncc(Cl)c1C(=O)c1ccc(Br)cc1F. The third-order valence-corrected chi connectivity index (χ3v) is 3.71. The quantitative estimate of drug-likeness (QED) is 0.754. The first-order valence-corrected chi connectivity index (χ1v) is 7.43. The molecule has 2 rings (SSSR count). The molecule has 0 aliphatic heterocycles. The average molecular weight is 375 g/mol. The first-order chi connectivity index (χ1) is 9.90. The van der Waals surface area contributed by atoms with Gasteiger partial charge in [0.2, 0.25) is 5.78 Å². The zero-order valence-corrected chi connectivity index (χ0v) is 13.9. The van der Waals surface area contributed by atoms with Gasteiger partial charge in [-0.3, -0.25) is 9.48 Å². The van der Waals surface area contributed by atoms with Crippen molar-refractivity contribution in [3.8, 4) is 0 Å². The van der Waals surface area contributed by atoms with Crippen LogP contribution in [0.15, 0.2) is 28.9 Å². The van der Waals surface area contributed by atoms with E-state index < -0.39 is 11.6 Å². The van der Waals surface area contributed by atoms with E-state index in [4.69, 9.17) is 11.6 Å². The molecule has 7 heteroatoms. The van der Waals surface area contributed by atoms with Crippen molar-refractivity contribution in [2.75, 3.05) is 20.6 Å². The van der Waals surface area contributed by atoms with Gasteiger partial charge in [0, 0.05) is 11.0 Å². The highest BCUT2D eigenvalue weighted by atomic mass is 79.9. The molecule has 4 nitrogen and oxygen atoms in total. The first kappa shape index (κ1) is 16.1. The fraction of sp³-hybridized carbons (Fsp3) is 0.286. The van der Waals surface area contributed by atoms with Gasteiger partial charge in [-0.1, -0.05) is 27.5 Å². The summed E-state index contributed by atoms with van der Waals surface area (Å²) in [4.78, 5) is 14.5. The van der Waals surface area contributed by atoms with Gasteiger partial charge in [0.15, 0.2) is 0 Å². The molecule has 21 heavy (non-hydrogen) atoms. The van der Waals surface area contributed by atoms with Gasteiger partial charge >= 0.3 is 0 Å². The lowest BCUT2D eigenvalue weighted by atomic mass is 10.1. The van der Waals surface area contributed by atoms with E-state index in [1.807, 2.05) is 19.0 Å². The van der Waals surface area contributed by atoms with Crippen molar-refractivity contribution in [3.63, 3.8) is 0 Å². The summed E-state index contributed by atoms with van der Waals surface area (Å²) in [5, 5.41) is 4.31. The van der Waals surface area contributed by atoms with E-state index in [0.29, 0.717) is 17.6 Å². The lowest BCUT2D eigenvalue weighted by molar-refractivity contribution is 0.102. The van der Waals surface area contributed by atoms with Gasteiger partial charge in [-0.2, -0.15) is 5.10 Å². The maximum absolute atomic E-state index is 13.9. The Hall–Kier alpha value is -1.24. The molecular formula is C14H14BrClFN3O. The van der Waals surface area contributed by atoms with Crippen molar-refractivity contribution in [1.29, 1.82) is 0 Å². The molecule has 0 N–H and O–H groups in total. The minimum absolute atomic E-state index is 0.0216. The molecule has 0 bridgehead atoms. The molecule has 2 aromatic rings. The third kappa shape index (κ3) is 3.70. The van der Waals surface area contributed by atoms with Crippen LogP contribution in [-0.2, 0) is 6.54 Å². The Kier molecular flexibility index (Phi) is 5.13. The normalized spacial score (nSPS) is 11.1. The molecule has 0 radical (unpaired) electrons. The molecule has 0 fully saturated rings. The number of hydrogen-bond acceptors (Lipinski definition) is 3.